The second-order valence-electron chi connectivity index (χ2n) is 2.13. The van der Waals surface area contributed by atoms with Gasteiger partial charge in [-0.15, -0.1) is 0 Å². The van der Waals surface area contributed by atoms with E-state index in [0.717, 1.165) is 7.11 Å². The maximum Gasteiger partial charge on any atom is 0.476 e. The van der Waals surface area contributed by atoms with Crippen molar-refractivity contribution in [2.45, 2.75) is 0 Å². The first kappa shape index (κ1) is 10.5. The second kappa shape index (κ2) is 4.09. The van der Waals surface area contributed by atoms with Gasteiger partial charge in [-0.3, -0.25) is 4.52 Å². The molecule has 0 aliphatic rings. The van der Waals surface area contributed by atoms with Crippen LogP contribution in [0.5, 0.6) is 5.75 Å². The van der Waals surface area contributed by atoms with Crippen molar-refractivity contribution in [3.05, 3.63) is 30.1 Å². The number of halogens is 2. The van der Waals surface area contributed by atoms with E-state index in [2.05, 4.69) is 9.05 Å². The smallest absolute Gasteiger partial charge is 0.410 e. The third-order valence-corrected chi connectivity index (χ3v) is 2.73. The van der Waals surface area contributed by atoms with E-state index in [1.165, 1.54) is 24.3 Å². The molecule has 0 bridgehead atoms. The van der Waals surface area contributed by atoms with E-state index in [4.69, 9.17) is 11.2 Å². The Labute approximate surface area is 79.7 Å². The van der Waals surface area contributed by atoms with Gasteiger partial charge >= 0.3 is 6.95 Å². The molecular formula is C7H7ClFO3P. The first-order chi connectivity index (χ1) is 6.05. The highest BCUT2D eigenvalue weighted by molar-refractivity contribution is 7.81. The lowest BCUT2D eigenvalue weighted by Gasteiger charge is -2.09. The molecule has 0 amide bonds. The van der Waals surface area contributed by atoms with Crippen LogP contribution in [-0.2, 0) is 9.09 Å². The molecule has 0 fully saturated rings. The van der Waals surface area contributed by atoms with Crippen molar-refractivity contribution in [1.82, 2.24) is 0 Å². The van der Waals surface area contributed by atoms with Gasteiger partial charge in [-0.25, -0.2) is 8.96 Å². The van der Waals surface area contributed by atoms with Gasteiger partial charge in [0.1, 0.15) is 0 Å². The lowest BCUT2D eigenvalue weighted by Crippen LogP contribution is -1.91. The number of hydrogen-bond donors (Lipinski definition) is 0. The highest BCUT2D eigenvalue weighted by atomic mass is 35.7. The third kappa shape index (κ3) is 2.99. The SMILES string of the molecule is COP(=O)(Cl)Oc1ccccc1F. The Hall–Kier alpha value is -0.570. The molecule has 1 rings (SSSR count). The van der Waals surface area contributed by atoms with Crippen LogP contribution in [0.1, 0.15) is 0 Å². The number of rotatable bonds is 3. The molecular weight excluding hydrogens is 217 g/mol. The van der Waals surface area contributed by atoms with Crippen molar-refractivity contribution in [2.75, 3.05) is 7.11 Å². The van der Waals surface area contributed by atoms with Gasteiger partial charge in [-0.05, 0) is 12.1 Å². The van der Waals surface area contributed by atoms with Crippen molar-refractivity contribution in [3.8, 4) is 5.75 Å². The van der Waals surface area contributed by atoms with Crippen molar-refractivity contribution in [3.63, 3.8) is 0 Å². The first-order valence-corrected chi connectivity index (χ1v) is 5.79. The Morgan fingerprint density at radius 2 is 2.08 bits per heavy atom. The predicted molar refractivity (Wildman–Crippen MR) is 47.5 cm³/mol. The molecule has 3 nitrogen and oxygen atoms in total. The highest BCUT2D eigenvalue weighted by Gasteiger charge is 2.21. The lowest BCUT2D eigenvalue weighted by molar-refractivity contribution is 0.334. The van der Waals surface area contributed by atoms with Crippen LogP contribution in [-0.4, -0.2) is 7.11 Å². The summed E-state index contributed by atoms with van der Waals surface area (Å²) in [6, 6.07) is 5.49. The normalized spacial score (nSPS) is 15.0. The fourth-order valence-electron chi connectivity index (χ4n) is 0.674. The van der Waals surface area contributed by atoms with Gasteiger partial charge < -0.3 is 4.52 Å². The summed E-state index contributed by atoms with van der Waals surface area (Å²) in [5.74, 6) is -0.830. The van der Waals surface area contributed by atoms with E-state index in [1.54, 1.807) is 0 Å². The Bertz CT molecular complexity index is 344. The number of hydrogen-bond acceptors (Lipinski definition) is 3. The van der Waals surface area contributed by atoms with Crippen LogP contribution in [0.25, 0.3) is 0 Å². The predicted octanol–water partition coefficient (Wildman–Crippen LogP) is 3.20. The fraction of sp³-hybridized carbons (Fsp3) is 0.143. The monoisotopic (exact) mass is 224 g/mol. The van der Waals surface area contributed by atoms with E-state index in [9.17, 15) is 8.96 Å². The van der Waals surface area contributed by atoms with E-state index in [-0.39, 0.29) is 5.75 Å². The summed E-state index contributed by atoms with van der Waals surface area (Å²) in [5, 5.41) is 0. The summed E-state index contributed by atoms with van der Waals surface area (Å²) in [7, 11) is 1.12. The first-order valence-electron chi connectivity index (χ1n) is 3.35. The molecule has 0 saturated carbocycles. The average Bonchev–Trinajstić information content (AvgIpc) is 2.09. The molecule has 0 saturated heterocycles. The van der Waals surface area contributed by atoms with Gasteiger partial charge in [0.15, 0.2) is 11.6 Å². The molecule has 13 heavy (non-hydrogen) atoms. The molecule has 1 aromatic rings. The summed E-state index contributed by atoms with van der Waals surface area (Å²) in [5.41, 5.74) is 0. The minimum absolute atomic E-state index is 0.192. The third-order valence-electron chi connectivity index (χ3n) is 1.26. The minimum atomic E-state index is -3.69. The summed E-state index contributed by atoms with van der Waals surface area (Å²) in [6.07, 6.45) is 0. The van der Waals surface area contributed by atoms with Crippen molar-refractivity contribution in [1.29, 1.82) is 0 Å². The zero-order chi connectivity index (χ0) is 9.90. The Morgan fingerprint density at radius 3 is 2.62 bits per heavy atom. The summed E-state index contributed by atoms with van der Waals surface area (Å²) < 4.78 is 32.9. The maximum atomic E-state index is 12.9. The topological polar surface area (TPSA) is 35.5 Å². The van der Waals surface area contributed by atoms with Crippen LogP contribution < -0.4 is 4.52 Å². The van der Waals surface area contributed by atoms with Crippen LogP contribution in [0, 0.1) is 5.82 Å². The van der Waals surface area contributed by atoms with Crippen molar-refractivity contribution < 1.29 is 18.0 Å². The van der Waals surface area contributed by atoms with Crippen LogP contribution in [0.2, 0.25) is 0 Å². The molecule has 72 valence electrons. The van der Waals surface area contributed by atoms with Gasteiger partial charge in [0.25, 0.3) is 0 Å². The zero-order valence-electron chi connectivity index (χ0n) is 6.74. The molecule has 0 spiro atoms. The number of benzene rings is 1. The van der Waals surface area contributed by atoms with Gasteiger partial charge in [-0.2, -0.15) is 0 Å². The highest BCUT2D eigenvalue weighted by Crippen LogP contribution is 2.52. The molecule has 1 atom stereocenters. The van der Waals surface area contributed by atoms with E-state index in [0.29, 0.717) is 0 Å². The Kier molecular flexibility index (Phi) is 3.31. The van der Waals surface area contributed by atoms with E-state index in [1.807, 2.05) is 0 Å². The van der Waals surface area contributed by atoms with Crippen LogP contribution in [0.4, 0.5) is 4.39 Å². The maximum absolute atomic E-state index is 12.9. The van der Waals surface area contributed by atoms with Gasteiger partial charge in [0, 0.05) is 18.4 Å². The number of para-hydroxylation sites is 1. The molecule has 1 aromatic carbocycles. The summed E-state index contributed by atoms with van der Waals surface area (Å²) in [4.78, 5) is 0. The summed E-state index contributed by atoms with van der Waals surface area (Å²) >= 11 is 5.27. The summed E-state index contributed by atoms with van der Waals surface area (Å²) in [6.45, 7) is -3.69. The molecule has 0 N–H and O–H groups in total. The quantitative estimate of drug-likeness (QED) is 0.740. The van der Waals surface area contributed by atoms with Crippen LogP contribution in [0.3, 0.4) is 0 Å². The molecule has 0 aromatic heterocycles. The van der Waals surface area contributed by atoms with Crippen molar-refractivity contribution in [2.24, 2.45) is 0 Å². The minimum Gasteiger partial charge on any atom is -0.410 e. The zero-order valence-corrected chi connectivity index (χ0v) is 8.39. The largest absolute Gasteiger partial charge is 0.476 e. The van der Waals surface area contributed by atoms with Crippen LogP contribution >= 0.6 is 18.2 Å². The van der Waals surface area contributed by atoms with E-state index < -0.39 is 12.8 Å². The molecule has 0 radical (unpaired) electrons. The second-order valence-corrected chi connectivity index (χ2v) is 4.79. The molecule has 0 aliphatic carbocycles. The lowest BCUT2D eigenvalue weighted by atomic mass is 10.3. The van der Waals surface area contributed by atoms with E-state index >= 15 is 0 Å². The molecule has 0 heterocycles. The van der Waals surface area contributed by atoms with Gasteiger partial charge in [-0.1, -0.05) is 12.1 Å². The standard InChI is InChI=1S/C7H7ClFO3P/c1-11-13(8,10)12-7-5-3-2-4-6(7)9/h2-5H,1H3. The Balaban J connectivity index is 2.86. The average molecular weight is 225 g/mol. The Morgan fingerprint density at radius 1 is 1.46 bits per heavy atom. The van der Waals surface area contributed by atoms with Gasteiger partial charge in [0.05, 0.1) is 0 Å². The van der Waals surface area contributed by atoms with Gasteiger partial charge in [0.2, 0.25) is 0 Å². The molecule has 0 aliphatic heterocycles. The van der Waals surface area contributed by atoms with Crippen LogP contribution in [0.15, 0.2) is 24.3 Å². The fourth-order valence-corrected chi connectivity index (χ4v) is 1.35. The molecule has 6 heteroatoms. The molecule has 1 unspecified atom stereocenters. The van der Waals surface area contributed by atoms with Crippen molar-refractivity contribution >= 4 is 18.2 Å².